The van der Waals surface area contributed by atoms with Crippen LogP contribution in [0.25, 0.3) is 0 Å². The number of carbonyl (C=O) groups is 5. The van der Waals surface area contributed by atoms with Crippen LogP contribution in [0.4, 0.5) is 4.79 Å². The van der Waals surface area contributed by atoms with Crippen LogP contribution in [0.5, 0.6) is 0 Å². The van der Waals surface area contributed by atoms with Gasteiger partial charge in [0.2, 0.25) is 11.8 Å². The zero-order valence-corrected chi connectivity index (χ0v) is 25.6. The average molecular weight is 583 g/mol. The molecule has 4 rings (SSSR count). The van der Waals surface area contributed by atoms with Gasteiger partial charge in [-0.05, 0) is 51.9 Å². The Morgan fingerprint density at radius 3 is 2.03 bits per heavy atom. The summed E-state index contributed by atoms with van der Waals surface area (Å²) < 4.78 is 4.60. The summed E-state index contributed by atoms with van der Waals surface area (Å²) >= 11 is 3.08. The van der Waals surface area contributed by atoms with Gasteiger partial charge in [0.1, 0.15) is 17.7 Å². The Morgan fingerprint density at radius 1 is 0.949 bits per heavy atom. The summed E-state index contributed by atoms with van der Waals surface area (Å²) in [4.78, 5) is 69.9. The number of carbonyl (C=O) groups excluding carboxylic acids is 5. The van der Waals surface area contributed by atoms with E-state index in [2.05, 4.69) is 10.6 Å². The number of thioether (sulfide) groups is 2. The van der Waals surface area contributed by atoms with Gasteiger partial charge in [0, 0.05) is 24.0 Å². The van der Waals surface area contributed by atoms with Gasteiger partial charge in [0.15, 0.2) is 4.08 Å². The van der Waals surface area contributed by atoms with Crippen molar-refractivity contribution in [3.8, 4) is 0 Å². The molecule has 0 aromatic heterocycles. The first kappa shape index (κ1) is 30.0. The van der Waals surface area contributed by atoms with Gasteiger partial charge < -0.3 is 20.3 Å². The maximum absolute atomic E-state index is 14.0. The maximum Gasteiger partial charge on any atom is 0.329 e. The second-order valence-corrected chi connectivity index (χ2v) is 15.5. The van der Waals surface area contributed by atoms with E-state index >= 15 is 0 Å². The number of nitrogens with one attached hydrogen (secondary N) is 2. The van der Waals surface area contributed by atoms with E-state index in [0.29, 0.717) is 13.0 Å². The predicted octanol–water partition coefficient (Wildman–Crippen LogP) is 2.60. The molecule has 3 aliphatic heterocycles. The number of esters is 1. The molecule has 0 radical (unpaired) electrons. The molecular formula is C27H42N4O6S2. The fourth-order valence-electron chi connectivity index (χ4n) is 5.59. The average Bonchev–Trinajstić information content (AvgIpc) is 3.32. The summed E-state index contributed by atoms with van der Waals surface area (Å²) in [6, 6.07) is -3.16. The van der Waals surface area contributed by atoms with Crippen molar-refractivity contribution in [3.05, 3.63) is 0 Å². The molecule has 10 nitrogen and oxygen atoms in total. The molecule has 12 heteroatoms. The number of fused-ring (bicyclic) bond motifs is 2. The minimum atomic E-state index is -0.884. The fraction of sp³-hybridized carbons (Fsp3) is 0.815. The summed E-state index contributed by atoms with van der Waals surface area (Å²) in [5.74, 6) is -0.0884. The molecule has 1 aliphatic carbocycles. The van der Waals surface area contributed by atoms with E-state index in [1.54, 1.807) is 25.7 Å². The van der Waals surface area contributed by atoms with Gasteiger partial charge >= 0.3 is 12.0 Å². The Morgan fingerprint density at radius 2 is 1.51 bits per heavy atom. The van der Waals surface area contributed by atoms with Gasteiger partial charge in [-0.2, -0.15) is 0 Å². The Balaban J connectivity index is 1.52. The number of hydrogen-bond acceptors (Lipinski definition) is 8. The van der Waals surface area contributed by atoms with Crippen LogP contribution in [0, 0.1) is 17.8 Å². The maximum atomic E-state index is 14.0. The summed E-state index contributed by atoms with van der Waals surface area (Å²) in [5.41, 5.74) is -0.704. The van der Waals surface area contributed by atoms with E-state index in [0.717, 1.165) is 24.3 Å². The first-order valence-corrected chi connectivity index (χ1v) is 15.9. The highest BCUT2D eigenvalue weighted by atomic mass is 32.2. The summed E-state index contributed by atoms with van der Waals surface area (Å²) in [7, 11) is 0. The first-order chi connectivity index (χ1) is 18.2. The zero-order valence-electron chi connectivity index (χ0n) is 23.9. The smallest absolute Gasteiger partial charge is 0.329 e. The molecular weight excluding hydrogens is 540 g/mol. The lowest BCUT2D eigenvalue weighted by molar-refractivity contribution is -0.158. The summed E-state index contributed by atoms with van der Waals surface area (Å²) in [5, 5.41) is 5.50. The Kier molecular flexibility index (Phi) is 8.58. The number of amides is 5. The van der Waals surface area contributed by atoms with Crippen LogP contribution in [0.3, 0.4) is 0 Å². The molecule has 3 saturated heterocycles. The largest absolute Gasteiger partial charge is 0.458 e. The number of ether oxygens (including phenoxy) is 1. The van der Waals surface area contributed by atoms with Gasteiger partial charge in [-0.3, -0.25) is 19.3 Å². The molecule has 218 valence electrons. The molecule has 0 aromatic rings. The number of rotatable bonds is 7. The third kappa shape index (κ3) is 5.92. The highest BCUT2D eigenvalue weighted by Crippen LogP contribution is 2.57. The van der Waals surface area contributed by atoms with Crippen LogP contribution < -0.4 is 10.6 Å². The van der Waals surface area contributed by atoms with Gasteiger partial charge in [0.05, 0.1) is 12.1 Å². The van der Waals surface area contributed by atoms with E-state index in [1.807, 2.05) is 27.7 Å². The van der Waals surface area contributed by atoms with Crippen LogP contribution in [0.2, 0.25) is 0 Å². The number of hydrogen-bond donors (Lipinski definition) is 2. The molecule has 0 bridgehead atoms. The highest BCUT2D eigenvalue weighted by molar-refractivity contribution is 8.22. The zero-order chi connectivity index (χ0) is 28.9. The molecule has 0 unspecified atom stereocenters. The van der Waals surface area contributed by atoms with Crippen LogP contribution in [0.15, 0.2) is 0 Å². The highest BCUT2D eigenvalue weighted by Gasteiger charge is 2.68. The van der Waals surface area contributed by atoms with Crippen molar-refractivity contribution in [2.45, 2.75) is 102 Å². The quantitative estimate of drug-likeness (QED) is 0.347. The van der Waals surface area contributed by atoms with Crippen molar-refractivity contribution in [2.75, 3.05) is 18.1 Å². The van der Waals surface area contributed by atoms with Crippen LogP contribution in [-0.2, 0) is 23.9 Å². The Bertz CT molecular complexity index is 1020. The monoisotopic (exact) mass is 582 g/mol. The summed E-state index contributed by atoms with van der Waals surface area (Å²) in [6.07, 6.45) is 2.16. The van der Waals surface area contributed by atoms with E-state index in [9.17, 15) is 24.0 Å². The molecule has 1 spiro atoms. The van der Waals surface area contributed by atoms with Crippen molar-refractivity contribution in [1.29, 1.82) is 0 Å². The summed E-state index contributed by atoms with van der Waals surface area (Å²) in [6.45, 7) is 13.0. The van der Waals surface area contributed by atoms with Crippen molar-refractivity contribution in [2.24, 2.45) is 17.8 Å². The van der Waals surface area contributed by atoms with Crippen LogP contribution >= 0.6 is 23.5 Å². The fourth-order valence-corrected chi connectivity index (χ4v) is 9.05. The van der Waals surface area contributed by atoms with Crippen LogP contribution in [0.1, 0.15) is 67.7 Å². The van der Waals surface area contributed by atoms with Gasteiger partial charge in [0.25, 0.3) is 5.91 Å². The molecule has 0 aromatic carbocycles. The number of imide groups is 1. The molecule has 39 heavy (non-hydrogen) atoms. The first-order valence-electron chi connectivity index (χ1n) is 13.9. The van der Waals surface area contributed by atoms with Gasteiger partial charge in [-0.25, -0.2) is 9.59 Å². The predicted molar refractivity (Wildman–Crippen MR) is 151 cm³/mol. The minimum Gasteiger partial charge on any atom is -0.458 e. The van der Waals surface area contributed by atoms with E-state index in [4.69, 9.17) is 4.74 Å². The standard InChI is InChI=1S/C27H42N4O6S2/c1-14(2)18(28-25(36)29-19(15(3)4)23(34)37-26(5,6)7)22(33)30-11-10-17-20(30)27(38-12-13-39-27)24(35)31(17)21(32)16-8-9-16/h14-20H,8-13H2,1-7H3,(H2,28,29,36)/t17-,18-,19-,20-/m0/s1. The van der Waals surface area contributed by atoms with E-state index < -0.39 is 39.8 Å². The normalized spacial score (nSPS) is 25.7. The van der Waals surface area contributed by atoms with Crippen molar-refractivity contribution in [1.82, 2.24) is 20.4 Å². The molecule has 4 fully saturated rings. The third-order valence-electron chi connectivity index (χ3n) is 7.60. The molecule has 5 amide bonds. The lowest BCUT2D eigenvalue weighted by Crippen LogP contribution is -2.59. The third-order valence-corrected chi connectivity index (χ3v) is 11.1. The lowest BCUT2D eigenvalue weighted by Gasteiger charge is -2.36. The van der Waals surface area contributed by atoms with Gasteiger partial charge in [-0.1, -0.05) is 27.7 Å². The molecule has 4 atom stereocenters. The van der Waals surface area contributed by atoms with E-state index in [-0.39, 0.29) is 41.5 Å². The molecule has 1 saturated carbocycles. The molecule has 3 heterocycles. The lowest BCUT2D eigenvalue weighted by atomic mass is 10.0. The van der Waals surface area contributed by atoms with E-state index in [1.165, 1.54) is 28.4 Å². The molecule has 4 aliphatic rings. The molecule has 2 N–H and O–H groups in total. The van der Waals surface area contributed by atoms with Crippen molar-refractivity contribution < 1.29 is 28.7 Å². The SMILES string of the molecule is CC(C)[C@H](NC(=O)N[C@H](C(=O)N1CC[C@H]2[C@H]1C1(SCCS1)C(=O)N2C(=O)C1CC1)C(C)C)C(=O)OC(C)(C)C. The minimum absolute atomic E-state index is 0.0847. The number of likely N-dealkylation sites (tertiary alicyclic amines) is 2. The Labute approximate surface area is 239 Å². The van der Waals surface area contributed by atoms with Crippen LogP contribution in [-0.4, -0.2) is 91.4 Å². The Hall–Kier alpha value is -1.95. The second-order valence-electron chi connectivity index (χ2n) is 12.6. The van der Waals surface area contributed by atoms with Crippen molar-refractivity contribution >= 4 is 53.2 Å². The second kappa shape index (κ2) is 11.1. The number of urea groups is 1. The van der Waals surface area contributed by atoms with Crippen molar-refractivity contribution in [3.63, 3.8) is 0 Å². The number of nitrogens with zero attached hydrogens (tertiary/aromatic N) is 2. The topological polar surface area (TPSA) is 125 Å². The van der Waals surface area contributed by atoms with Gasteiger partial charge in [-0.15, -0.1) is 23.5 Å².